The maximum absolute atomic E-state index is 11.9. The molecule has 2 heterocycles. The van der Waals surface area contributed by atoms with Crippen LogP contribution in [0.15, 0.2) is 12.4 Å². The Labute approximate surface area is 123 Å². The number of nitrogens with two attached hydrogens (primary N) is 1. The third kappa shape index (κ3) is 3.80. The summed E-state index contributed by atoms with van der Waals surface area (Å²) in [5, 5.41) is 14.9. The molecule has 1 amide bonds. The molecule has 2 aromatic heterocycles. The number of hydrogen-bond donors (Lipinski definition) is 2. The molecule has 3 N–H and O–H groups in total. The summed E-state index contributed by atoms with van der Waals surface area (Å²) in [6, 6.07) is 2.04. The van der Waals surface area contributed by atoms with Crippen molar-refractivity contribution in [3.63, 3.8) is 0 Å². The maximum atomic E-state index is 11.9. The van der Waals surface area contributed by atoms with Gasteiger partial charge in [-0.1, -0.05) is 0 Å². The molecule has 8 nitrogen and oxygen atoms in total. The van der Waals surface area contributed by atoms with Gasteiger partial charge in [-0.15, -0.1) is 10.2 Å². The summed E-state index contributed by atoms with van der Waals surface area (Å²) in [4.78, 5) is 11.9. The topological polar surface area (TPSA) is 104 Å². The third-order valence-electron chi connectivity index (χ3n) is 3.10. The Kier molecular flexibility index (Phi) is 4.56. The number of anilines is 1. The van der Waals surface area contributed by atoms with Crippen molar-refractivity contribution in [3.05, 3.63) is 23.9 Å². The van der Waals surface area contributed by atoms with E-state index in [1.54, 1.807) is 12.4 Å². The van der Waals surface area contributed by atoms with Gasteiger partial charge in [0.05, 0.1) is 5.69 Å². The Morgan fingerprint density at radius 1 is 1.48 bits per heavy atom. The standard InChI is InChI=1S/C13H21N7O/c1-9(2)19-8-16-17-12(19)4-5-15-13(21)7-20-11(14)6-10(3)18-20/h6,8-9H,4-5,7,14H2,1-3H3,(H,15,21). The van der Waals surface area contributed by atoms with Gasteiger partial charge in [-0.2, -0.15) is 5.10 Å². The quantitative estimate of drug-likeness (QED) is 0.797. The predicted octanol–water partition coefficient (Wildman–Crippen LogP) is 0.305. The first kappa shape index (κ1) is 15.0. The van der Waals surface area contributed by atoms with E-state index in [1.807, 2.05) is 11.5 Å². The second-order valence-corrected chi connectivity index (χ2v) is 5.22. The molecule has 0 unspecified atom stereocenters. The smallest absolute Gasteiger partial charge is 0.241 e. The van der Waals surface area contributed by atoms with E-state index in [-0.39, 0.29) is 12.5 Å². The zero-order valence-corrected chi connectivity index (χ0v) is 12.6. The van der Waals surface area contributed by atoms with E-state index in [2.05, 4.69) is 34.5 Å². The van der Waals surface area contributed by atoms with Gasteiger partial charge in [0.2, 0.25) is 5.91 Å². The average Bonchev–Trinajstić information content (AvgIpc) is 2.97. The van der Waals surface area contributed by atoms with Crippen LogP contribution in [0.1, 0.15) is 31.4 Å². The molecular weight excluding hydrogens is 270 g/mol. The second-order valence-electron chi connectivity index (χ2n) is 5.22. The van der Waals surface area contributed by atoms with E-state index in [0.29, 0.717) is 24.8 Å². The Morgan fingerprint density at radius 2 is 2.24 bits per heavy atom. The minimum Gasteiger partial charge on any atom is -0.384 e. The zero-order chi connectivity index (χ0) is 15.4. The molecule has 0 aliphatic rings. The Bertz CT molecular complexity index is 614. The van der Waals surface area contributed by atoms with Crippen LogP contribution in [0.4, 0.5) is 5.82 Å². The summed E-state index contributed by atoms with van der Waals surface area (Å²) in [5.41, 5.74) is 6.54. The average molecular weight is 291 g/mol. The van der Waals surface area contributed by atoms with E-state index in [9.17, 15) is 4.79 Å². The summed E-state index contributed by atoms with van der Waals surface area (Å²) in [6.07, 6.45) is 2.34. The van der Waals surface area contributed by atoms with Crippen molar-refractivity contribution in [1.29, 1.82) is 0 Å². The lowest BCUT2D eigenvalue weighted by Crippen LogP contribution is -2.30. The summed E-state index contributed by atoms with van der Waals surface area (Å²) >= 11 is 0. The van der Waals surface area contributed by atoms with Crippen molar-refractivity contribution < 1.29 is 4.79 Å². The summed E-state index contributed by atoms with van der Waals surface area (Å²) < 4.78 is 3.47. The van der Waals surface area contributed by atoms with Crippen LogP contribution in [0.5, 0.6) is 0 Å². The Balaban J connectivity index is 1.82. The summed E-state index contributed by atoms with van der Waals surface area (Å²) in [5.74, 6) is 1.22. The molecule has 0 aliphatic carbocycles. The normalized spacial score (nSPS) is 11.0. The van der Waals surface area contributed by atoms with Gasteiger partial charge in [0.25, 0.3) is 0 Å². The van der Waals surface area contributed by atoms with E-state index in [4.69, 9.17) is 5.73 Å². The molecule has 0 saturated carbocycles. The lowest BCUT2D eigenvalue weighted by Gasteiger charge is -2.10. The number of nitrogen functional groups attached to an aromatic ring is 1. The van der Waals surface area contributed by atoms with E-state index >= 15 is 0 Å². The Hall–Kier alpha value is -2.38. The molecule has 8 heteroatoms. The SMILES string of the molecule is Cc1cc(N)n(CC(=O)NCCc2nncn2C(C)C)n1. The van der Waals surface area contributed by atoms with Crippen LogP contribution in [0, 0.1) is 6.92 Å². The van der Waals surface area contributed by atoms with Gasteiger partial charge in [-0.25, -0.2) is 4.68 Å². The third-order valence-corrected chi connectivity index (χ3v) is 3.10. The van der Waals surface area contributed by atoms with E-state index in [1.165, 1.54) is 4.68 Å². The van der Waals surface area contributed by atoms with Crippen LogP contribution in [0.2, 0.25) is 0 Å². The molecule has 2 rings (SSSR count). The van der Waals surface area contributed by atoms with Crippen molar-refractivity contribution in [3.8, 4) is 0 Å². The molecule has 0 radical (unpaired) electrons. The molecule has 0 bridgehead atoms. The van der Waals surface area contributed by atoms with Crippen molar-refractivity contribution in [2.45, 2.75) is 39.8 Å². The van der Waals surface area contributed by atoms with Gasteiger partial charge in [-0.3, -0.25) is 4.79 Å². The second kappa shape index (κ2) is 6.38. The zero-order valence-electron chi connectivity index (χ0n) is 12.6. The molecule has 0 saturated heterocycles. The monoisotopic (exact) mass is 291 g/mol. The minimum absolute atomic E-state index is 0.122. The summed E-state index contributed by atoms with van der Waals surface area (Å²) in [6.45, 7) is 6.59. The number of carbonyl (C=O) groups is 1. The fraction of sp³-hybridized carbons (Fsp3) is 0.538. The van der Waals surface area contributed by atoms with Crippen molar-refractivity contribution >= 4 is 11.7 Å². The highest BCUT2D eigenvalue weighted by Gasteiger charge is 2.09. The number of rotatable bonds is 6. The number of hydrogen-bond acceptors (Lipinski definition) is 5. The number of aromatic nitrogens is 5. The van der Waals surface area contributed by atoms with Crippen LogP contribution in [0.3, 0.4) is 0 Å². The number of amides is 1. The van der Waals surface area contributed by atoms with E-state index in [0.717, 1.165) is 11.5 Å². The maximum Gasteiger partial charge on any atom is 0.241 e. The van der Waals surface area contributed by atoms with Gasteiger partial charge in [0.15, 0.2) is 0 Å². The fourth-order valence-electron chi connectivity index (χ4n) is 2.07. The van der Waals surface area contributed by atoms with Gasteiger partial charge in [0.1, 0.15) is 24.5 Å². The van der Waals surface area contributed by atoms with E-state index < -0.39 is 0 Å². The van der Waals surface area contributed by atoms with Crippen LogP contribution < -0.4 is 11.1 Å². The first-order valence-corrected chi connectivity index (χ1v) is 6.92. The van der Waals surface area contributed by atoms with Crippen LogP contribution >= 0.6 is 0 Å². The number of aryl methyl sites for hydroxylation is 1. The number of nitrogens with one attached hydrogen (secondary N) is 1. The fourth-order valence-corrected chi connectivity index (χ4v) is 2.07. The van der Waals surface area contributed by atoms with Gasteiger partial charge in [0, 0.05) is 25.1 Å². The first-order valence-electron chi connectivity index (χ1n) is 6.92. The molecule has 0 aliphatic heterocycles. The summed E-state index contributed by atoms with van der Waals surface area (Å²) in [7, 11) is 0. The van der Waals surface area contributed by atoms with Crippen LogP contribution in [-0.2, 0) is 17.8 Å². The molecule has 2 aromatic rings. The van der Waals surface area contributed by atoms with Crippen LogP contribution in [0.25, 0.3) is 0 Å². The number of nitrogens with zero attached hydrogens (tertiary/aromatic N) is 5. The molecular formula is C13H21N7O. The highest BCUT2D eigenvalue weighted by Crippen LogP contribution is 2.06. The molecule has 21 heavy (non-hydrogen) atoms. The minimum atomic E-state index is -0.125. The molecule has 0 fully saturated rings. The molecule has 0 atom stereocenters. The van der Waals surface area contributed by atoms with Gasteiger partial charge >= 0.3 is 0 Å². The highest BCUT2D eigenvalue weighted by atomic mass is 16.2. The van der Waals surface area contributed by atoms with Crippen molar-refractivity contribution in [1.82, 2.24) is 29.9 Å². The predicted molar refractivity (Wildman–Crippen MR) is 78.5 cm³/mol. The van der Waals surface area contributed by atoms with Crippen molar-refractivity contribution in [2.24, 2.45) is 0 Å². The first-order chi connectivity index (χ1) is 9.97. The largest absolute Gasteiger partial charge is 0.384 e. The van der Waals surface area contributed by atoms with Crippen molar-refractivity contribution in [2.75, 3.05) is 12.3 Å². The van der Waals surface area contributed by atoms with Gasteiger partial charge in [-0.05, 0) is 20.8 Å². The highest BCUT2D eigenvalue weighted by molar-refractivity contribution is 5.76. The molecule has 0 aromatic carbocycles. The molecule has 0 spiro atoms. The lowest BCUT2D eigenvalue weighted by atomic mass is 10.3. The molecule has 114 valence electrons. The number of carbonyl (C=O) groups excluding carboxylic acids is 1. The van der Waals surface area contributed by atoms with Gasteiger partial charge < -0.3 is 15.6 Å². The lowest BCUT2D eigenvalue weighted by molar-refractivity contribution is -0.121. The van der Waals surface area contributed by atoms with Crippen LogP contribution in [-0.4, -0.2) is 37.0 Å². The Morgan fingerprint density at radius 3 is 2.86 bits per heavy atom.